The van der Waals surface area contributed by atoms with Crippen LogP contribution in [0.3, 0.4) is 0 Å². The van der Waals surface area contributed by atoms with Crippen molar-refractivity contribution in [1.29, 1.82) is 0 Å². The average molecular weight is 209 g/mol. The summed E-state index contributed by atoms with van der Waals surface area (Å²) in [6.07, 6.45) is 6.43. The fourth-order valence-corrected chi connectivity index (χ4v) is 3.14. The van der Waals surface area contributed by atoms with E-state index in [0.717, 1.165) is 0 Å². The predicted octanol–water partition coefficient (Wildman–Crippen LogP) is 2.97. The van der Waals surface area contributed by atoms with Crippen LogP contribution in [-0.4, -0.2) is 22.4 Å². The maximum atomic E-state index is 11.9. The minimum atomic E-state index is 0.0161. The third-order valence-electron chi connectivity index (χ3n) is 4.04. The molecule has 0 N–H and O–H groups in total. The molecule has 1 aliphatic heterocycles. The average Bonchev–Trinajstić information content (AvgIpc) is 2.79. The molecule has 1 saturated heterocycles. The summed E-state index contributed by atoms with van der Waals surface area (Å²) in [6, 6.07) is 0.220. The van der Waals surface area contributed by atoms with Gasteiger partial charge in [-0.25, -0.2) is 0 Å². The second-order valence-electron chi connectivity index (χ2n) is 6.50. The molecule has 1 unspecified atom stereocenters. The van der Waals surface area contributed by atoms with Gasteiger partial charge in [-0.15, -0.1) is 0 Å². The van der Waals surface area contributed by atoms with Crippen molar-refractivity contribution in [2.24, 2.45) is 5.41 Å². The summed E-state index contributed by atoms with van der Waals surface area (Å²) in [5, 5.41) is 0. The van der Waals surface area contributed by atoms with Crippen molar-refractivity contribution in [1.82, 2.24) is 4.90 Å². The molecule has 0 bridgehead atoms. The van der Waals surface area contributed by atoms with Crippen molar-refractivity contribution in [2.45, 2.75) is 71.4 Å². The fraction of sp³-hybridized carbons (Fsp3) is 0.923. The Hall–Kier alpha value is -0.530. The van der Waals surface area contributed by atoms with Crippen molar-refractivity contribution in [3.8, 4) is 0 Å². The van der Waals surface area contributed by atoms with E-state index < -0.39 is 0 Å². The molecule has 2 rings (SSSR count). The molecule has 0 aromatic rings. The minimum Gasteiger partial charge on any atom is -0.323 e. The highest BCUT2D eigenvalue weighted by molar-refractivity contribution is 5.98. The number of hydrogen-bond acceptors (Lipinski definition) is 1. The lowest BCUT2D eigenvalue weighted by Crippen LogP contribution is -2.35. The molecule has 2 heteroatoms. The number of nitrogens with zero attached hydrogens (tertiary/aromatic N) is 1. The van der Waals surface area contributed by atoms with Gasteiger partial charge in [-0.3, -0.25) is 4.79 Å². The van der Waals surface area contributed by atoms with E-state index in [0.29, 0.717) is 5.91 Å². The van der Waals surface area contributed by atoms with Gasteiger partial charge in [-0.2, -0.15) is 0 Å². The van der Waals surface area contributed by atoms with E-state index in [1.807, 2.05) is 0 Å². The van der Waals surface area contributed by atoms with Gasteiger partial charge in [-0.05, 0) is 39.0 Å². The molecule has 0 aromatic carbocycles. The smallest absolute Gasteiger partial charge is 0.247 e. The lowest BCUT2D eigenvalue weighted by atomic mass is 9.73. The molecule has 0 radical (unpaired) electrons. The highest BCUT2D eigenvalue weighted by Crippen LogP contribution is 2.49. The Labute approximate surface area is 93.0 Å². The Bertz CT molecular complexity index is 271. The first kappa shape index (κ1) is 11.0. The van der Waals surface area contributed by atoms with Gasteiger partial charge < -0.3 is 4.90 Å². The molecule has 86 valence electrons. The van der Waals surface area contributed by atoms with Crippen molar-refractivity contribution >= 4 is 5.91 Å². The summed E-state index contributed by atoms with van der Waals surface area (Å²) < 4.78 is 0. The molecule has 0 aromatic heterocycles. The number of carbonyl (C=O) groups excluding carboxylic acids is 1. The van der Waals surface area contributed by atoms with Crippen LogP contribution in [0.5, 0.6) is 0 Å². The Morgan fingerprint density at radius 3 is 2.13 bits per heavy atom. The summed E-state index contributed by atoms with van der Waals surface area (Å²) in [5.41, 5.74) is 0.283. The van der Waals surface area contributed by atoms with E-state index >= 15 is 0 Å². The van der Waals surface area contributed by atoms with Gasteiger partial charge in [0.15, 0.2) is 0 Å². The molecular weight excluding hydrogens is 186 g/mol. The third kappa shape index (κ3) is 1.79. The second kappa shape index (κ2) is 3.23. The van der Waals surface area contributed by atoms with Gasteiger partial charge in [0.25, 0.3) is 0 Å². The number of amides is 1. The van der Waals surface area contributed by atoms with Crippen LogP contribution in [0.15, 0.2) is 0 Å². The summed E-state index contributed by atoms with van der Waals surface area (Å²) in [4.78, 5) is 14.0. The van der Waals surface area contributed by atoms with Crippen LogP contribution in [0.2, 0.25) is 0 Å². The quantitative estimate of drug-likeness (QED) is 0.608. The van der Waals surface area contributed by atoms with Crippen LogP contribution in [-0.2, 0) is 4.79 Å². The Kier molecular flexibility index (Phi) is 2.36. The molecule has 1 amide bonds. The van der Waals surface area contributed by atoms with Crippen LogP contribution in [0, 0.1) is 5.41 Å². The third-order valence-corrected chi connectivity index (χ3v) is 4.04. The first-order valence-electron chi connectivity index (χ1n) is 6.19. The van der Waals surface area contributed by atoms with Gasteiger partial charge in [0.05, 0.1) is 0 Å². The number of rotatable bonds is 1. The second-order valence-corrected chi connectivity index (χ2v) is 6.50. The molecule has 0 spiro atoms. The molecule has 2 aliphatic rings. The van der Waals surface area contributed by atoms with E-state index in [1.165, 1.54) is 32.1 Å². The van der Waals surface area contributed by atoms with Gasteiger partial charge in [0, 0.05) is 5.54 Å². The summed E-state index contributed by atoms with van der Waals surface area (Å²) in [7, 11) is 0. The topological polar surface area (TPSA) is 20.1 Å². The molecule has 2 nitrogen and oxygen atoms in total. The summed E-state index contributed by atoms with van der Waals surface area (Å²) in [6.45, 7) is 8.71. The van der Waals surface area contributed by atoms with Crippen molar-refractivity contribution < 1.29 is 4.79 Å². The molecule has 1 saturated carbocycles. The van der Waals surface area contributed by atoms with Crippen LogP contribution in [0.25, 0.3) is 0 Å². The highest BCUT2D eigenvalue weighted by Gasteiger charge is 2.60. The highest BCUT2D eigenvalue weighted by atomic mass is 16.2. The monoisotopic (exact) mass is 209 g/mol. The SMILES string of the molecule is CC1(C2C(=O)N2C(C)(C)C)CCCCC1. The van der Waals surface area contributed by atoms with E-state index in [9.17, 15) is 4.79 Å². The van der Waals surface area contributed by atoms with Crippen LogP contribution in [0.1, 0.15) is 59.8 Å². The predicted molar refractivity (Wildman–Crippen MR) is 61.6 cm³/mol. The van der Waals surface area contributed by atoms with Gasteiger partial charge in [-0.1, -0.05) is 26.2 Å². The summed E-state index contributed by atoms with van der Waals surface area (Å²) >= 11 is 0. The first-order valence-corrected chi connectivity index (χ1v) is 6.19. The zero-order chi connectivity index (χ0) is 11.3. The van der Waals surface area contributed by atoms with Crippen LogP contribution in [0.4, 0.5) is 0 Å². The normalized spacial score (nSPS) is 30.5. The zero-order valence-corrected chi connectivity index (χ0v) is 10.5. The number of hydrogen-bond donors (Lipinski definition) is 0. The maximum absolute atomic E-state index is 11.9. The molecule has 2 fully saturated rings. The van der Waals surface area contributed by atoms with Crippen LogP contribution < -0.4 is 0 Å². The molecule has 1 aliphatic carbocycles. The molecule has 15 heavy (non-hydrogen) atoms. The van der Waals surface area contributed by atoms with E-state index in [1.54, 1.807) is 0 Å². The summed E-state index contributed by atoms with van der Waals surface area (Å²) in [5.74, 6) is 0.381. The maximum Gasteiger partial charge on any atom is 0.247 e. The van der Waals surface area contributed by atoms with Crippen molar-refractivity contribution in [3.63, 3.8) is 0 Å². The minimum absolute atomic E-state index is 0.0161. The first-order chi connectivity index (χ1) is 6.86. The molecule has 1 atom stereocenters. The van der Waals surface area contributed by atoms with E-state index in [-0.39, 0.29) is 17.0 Å². The Morgan fingerprint density at radius 1 is 1.20 bits per heavy atom. The lowest BCUT2D eigenvalue weighted by molar-refractivity contribution is -0.115. The van der Waals surface area contributed by atoms with Gasteiger partial charge in [0.1, 0.15) is 6.04 Å². The van der Waals surface area contributed by atoms with E-state index in [2.05, 4.69) is 32.6 Å². The zero-order valence-electron chi connectivity index (χ0n) is 10.5. The Morgan fingerprint density at radius 2 is 1.73 bits per heavy atom. The van der Waals surface area contributed by atoms with Crippen molar-refractivity contribution in [3.05, 3.63) is 0 Å². The molecule has 1 heterocycles. The van der Waals surface area contributed by atoms with E-state index in [4.69, 9.17) is 0 Å². The standard InChI is InChI=1S/C13H23NO/c1-12(2,3)14-10(11(14)15)13(4)8-6-5-7-9-13/h10H,5-9H2,1-4H3. The number of carbonyl (C=O) groups is 1. The lowest BCUT2D eigenvalue weighted by Gasteiger charge is -2.34. The van der Waals surface area contributed by atoms with Gasteiger partial charge in [0.2, 0.25) is 5.91 Å². The molecular formula is C13H23NO. The largest absolute Gasteiger partial charge is 0.323 e. The fourth-order valence-electron chi connectivity index (χ4n) is 3.14. The van der Waals surface area contributed by atoms with Crippen LogP contribution >= 0.6 is 0 Å². The van der Waals surface area contributed by atoms with Crippen molar-refractivity contribution in [2.75, 3.05) is 0 Å². The van der Waals surface area contributed by atoms with Gasteiger partial charge >= 0.3 is 0 Å². The Balaban J connectivity index is 2.10.